The molecule has 0 saturated carbocycles. The van der Waals surface area contributed by atoms with Crippen LogP contribution in [0.3, 0.4) is 0 Å². The number of hydrogen-bond acceptors (Lipinski definition) is 1. The third kappa shape index (κ3) is 3.88. The van der Waals surface area contributed by atoms with Crippen molar-refractivity contribution in [2.24, 2.45) is 5.92 Å². The van der Waals surface area contributed by atoms with Gasteiger partial charge in [-0.2, -0.15) is 0 Å². The zero-order chi connectivity index (χ0) is 17.8. The van der Waals surface area contributed by atoms with E-state index >= 15 is 0 Å². The highest BCUT2D eigenvalue weighted by Gasteiger charge is 2.20. The standard InChI is InChI=1S/C23H25FN2/c24-22-10-4-5-11-23(22)26-14-6-9-21(26)18-25-15-12-20(13-16-25)17-19-7-2-1-3-8-19/h1-11,14,20H,12-13,15-18H2. The maximum absolute atomic E-state index is 14.1. The van der Waals surface area contributed by atoms with E-state index < -0.39 is 0 Å². The summed E-state index contributed by atoms with van der Waals surface area (Å²) in [6.07, 6.45) is 5.60. The molecular weight excluding hydrogens is 323 g/mol. The molecule has 1 saturated heterocycles. The van der Waals surface area contributed by atoms with Gasteiger partial charge in [-0.15, -0.1) is 0 Å². The summed E-state index contributed by atoms with van der Waals surface area (Å²) in [6.45, 7) is 3.10. The zero-order valence-electron chi connectivity index (χ0n) is 15.0. The maximum atomic E-state index is 14.1. The summed E-state index contributed by atoms with van der Waals surface area (Å²) in [5.41, 5.74) is 3.22. The van der Waals surface area contributed by atoms with E-state index in [4.69, 9.17) is 0 Å². The summed E-state index contributed by atoms with van der Waals surface area (Å²) in [6, 6.07) is 21.9. The molecule has 2 nitrogen and oxygen atoms in total. The van der Waals surface area contributed by atoms with Gasteiger partial charge >= 0.3 is 0 Å². The van der Waals surface area contributed by atoms with Gasteiger partial charge < -0.3 is 4.57 Å². The number of benzene rings is 2. The van der Waals surface area contributed by atoms with E-state index in [9.17, 15) is 4.39 Å². The van der Waals surface area contributed by atoms with Crippen molar-refractivity contribution >= 4 is 0 Å². The molecule has 1 fully saturated rings. The lowest BCUT2D eigenvalue weighted by molar-refractivity contribution is 0.174. The van der Waals surface area contributed by atoms with Crippen molar-refractivity contribution in [2.75, 3.05) is 13.1 Å². The summed E-state index contributed by atoms with van der Waals surface area (Å²) in [5, 5.41) is 0. The Bertz CT molecular complexity index is 832. The van der Waals surface area contributed by atoms with Crippen LogP contribution >= 0.6 is 0 Å². The van der Waals surface area contributed by atoms with Crippen LogP contribution in [0.1, 0.15) is 24.1 Å². The van der Waals surface area contributed by atoms with Gasteiger partial charge in [0, 0.05) is 18.4 Å². The smallest absolute Gasteiger partial charge is 0.147 e. The summed E-state index contributed by atoms with van der Waals surface area (Å²) in [5.74, 6) is 0.596. The Balaban J connectivity index is 1.37. The van der Waals surface area contributed by atoms with Crippen molar-refractivity contribution in [2.45, 2.75) is 25.8 Å². The molecule has 0 bridgehead atoms. The first-order chi connectivity index (χ1) is 12.8. The van der Waals surface area contributed by atoms with E-state index in [-0.39, 0.29) is 5.82 Å². The van der Waals surface area contributed by atoms with Crippen LogP contribution in [-0.4, -0.2) is 22.6 Å². The molecule has 0 aliphatic carbocycles. The van der Waals surface area contributed by atoms with Crippen molar-refractivity contribution in [1.29, 1.82) is 0 Å². The molecule has 4 rings (SSSR count). The minimum absolute atomic E-state index is 0.175. The van der Waals surface area contributed by atoms with Gasteiger partial charge in [0.1, 0.15) is 5.82 Å². The van der Waals surface area contributed by atoms with Crippen LogP contribution in [0.2, 0.25) is 0 Å². The number of aromatic nitrogens is 1. The topological polar surface area (TPSA) is 8.17 Å². The molecule has 2 heterocycles. The van der Waals surface area contributed by atoms with Gasteiger partial charge in [0.15, 0.2) is 0 Å². The molecule has 1 aliphatic rings. The number of nitrogens with zero attached hydrogens (tertiary/aromatic N) is 2. The van der Waals surface area contributed by atoms with Crippen molar-refractivity contribution < 1.29 is 4.39 Å². The fraction of sp³-hybridized carbons (Fsp3) is 0.304. The molecule has 3 heteroatoms. The van der Waals surface area contributed by atoms with Crippen LogP contribution in [0, 0.1) is 11.7 Å². The van der Waals surface area contributed by atoms with Gasteiger partial charge in [-0.25, -0.2) is 4.39 Å². The zero-order valence-corrected chi connectivity index (χ0v) is 15.0. The molecule has 1 aromatic heterocycles. The van der Waals surface area contributed by atoms with E-state index in [0.717, 1.165) is 31.2 Å². The molecule has 0 unspecified atom stereocenters. The first kappa shape index (κ1) is 17.0. The van der Waals surface area contributed by atoms with Crippen LogP contribution in [0.25, 0.3) is 5.69 Å². The Hall–Kier alpha value is -2.39. The molecule has 0 spiro atoms. The highest BCUT2D eigenvalue weighted by molar-refractivity contribution is 5.36. The molecule has 3 aromatic rings. The fourth-order valence-corrected chi connectivity index (χ4v) is 3.95. The van der Waals surface area contributed by atoms with E-state index in [2.05, 4.69) is 41.3 Å². The molecule has 1 aliphatic heterocycles. The predicted octanol–water partition coefficient (Wildman–Crippen LogP) is 5.07. The SMILES string of the molecule is Fc1ccccc1-n1cccc1CN1CCC(Cc2ccccc2)CC1. The number of para-hydroxylation sites is 1. The molecule has 134 valence electrons. The van der Waals surface area contributed by atoms with Crippen LogP contribution in [-0.2, 0) is 13.0 Å². The number of rotatable bonds is 5. The second kappa shape index (κ2) is 7.88. The summed E-state index contributed by atoms with van der Waals surface area (Å²) < 4.78 is 16.1. The first-order valence-corrected chi connectivity index (χ1v) is 9.47. The van der Waals surface area contributed by atoms with E-state index in [0.29, 0.717) is 5.69 Å². The lowest BCUT2D eigenvalue weighted by Gasteiger charge is -2.32. The number of halogens is 1. The van der Waals surface area contributed by atoms with Gasteiger partial charge in [-0.3, -0.25) is 4.90 Å². The Kier molecular flexibility index (Phi) is 5.16. The van der Waals surface area contributed by atoms with Crippen molar-refractivity contribution in [3.05, 3.63) is 90.0 Å². The van der Waals surface area contributed by atoms with Crippen LogP contribution in [0.5, 0.6) is 0 Å². The minimum Gasteiger partial charge on any atom is -0.317 e. The summed E-state index contributed by atoms with van der Waals surface area (Å²) >= 11 is 0. The monoisotopic (exact) mass is 348 g/mol. The molecule has 0 radical (unpaired) electrons. The highest BCUT2D eigenvalue weighted by atomic mass is 19.1. The number of piperidine rings is 1. The van der Waals surface area contributed by atoms with Gasteiger partial charge in [0.2, 0.25) is 0 Å². The Morgan fingerprint density at radius 1 is 0.846 bits per heavy atom. The second-order valence-corrected chi connectivity index (χ2v) is 7.23. The largest absolute Gasteiger partial charge is 0.317 e. The molecule has 26 heavy (non-hydrogen) atoms. The van der Waals surface area contributed by atoms with Crippen molar-refractivity contribution in [3.63, 3.8) is 0 Å². The molecule has 0 amide bonds. The van der Waals surface area contributed by atoms with Gasteiger partial charge in [-0.05, 0) is 68.1 Å². The van der Waals surface area contributed by atoms with E-state index in [1.165, 1.54) is 30.9 Å². The summed E-state index contributed by atoms with van der Waals surface area (Å²) in [4.78, 5) is 2.49. The van der Waals surface area contributed by atoms with Crippen molar-refractivity contribution in [1.82, 2.24) is 9.47 Å². The first-order valence-electron chi connectivity index (χ1n) is 9.47. The normalized spacial score (nSPS) is 16.0. The number of hydrogen-bond donors (Lipinski definition) is 0. The van der Waals surface area contributed by atoms with Gasteiger partial charge in [0.05, 0.1) is 5.69 Å². The third-order valence-electron chi connectivity index (χ3n) is 5.41. The number of likely N-dealkylation sites (tertiary alicyclic amines) is 1. The predicted molar refractivity (Wildman–Crippen MR) is 104 cm³/mol. The lowest BCUT2D eigenvalue weighted by atomic mass is 9.90. The van der Waals surface area contributed by atoms with Gasteiger partial charge in [-0.1, -0.05) is 42.5 Å². The average Bonchev–Trinajstić information content (AvgIpc) is 3.12. The fourth-order valence-electron chi connectivity index (χ4n) is 3.95. The average molecular weight is 348 g/mol. The van der Waals surface area contributed by atoms with Crippen LogP contribution in [0.15, 0.2) is 72.9 Å². The Morgan fingerprint density at radius 3 is 2.35 bits per heavy atom. The van der Waals surface area contributed by atoms with Crippen molar-refractivity contribution in [3.8, 4) is 5.69 Å². The van der Waals surface area contributed by atoms with Gasteiger partial charge in [0.25, 0.3) is 0 Å². The van der Waals surface area contributed by atoms with E-state index in [1.54, 1.807) is 6.07 Å². The molecule has 2 aromatic carbocycles. The molecule has 0 atom stereocenters. The maximum Gasteiger partial charge on any atom is 0.147 e. The van der Waals surface area contributed by atoms with E-state index in [1.807, 2.05) is 29.0 Å². The molecular formula is C23H25FN2. The quantitative estimate of drug-likeness (QED) is 0.625. The summed E-state index contributed by atoms with van der Waals surface area (Å²) in [7, 11) is 0. The minimum atomic E-state index is -0.175. The lowest BCUT2D eigenvalue weighted by Crippen LogP contribution is -2.34. The Labute approximate surface area is 154 Å². The van der Waals surface area contributed by atoms with Crippen LogP contribution < -0.4 is 0 Å². The highest BCUT2D eigenvalue weighted by Crippen LogP contribution is 2.24. The third-order valence-corrected chi connectivity index (χ3v) is 5.41. The van der Waals surface area contributed by atoms with Crippen LogP contribution in [0.4, 0.5) is 4.39 Å². The Morgan fingerprint density at radius 2 is 1.58 bits per heavy atom. The molecule has 0 N–H and O–H groups in total. The second-order valence-electron chi connectivity index (χ2n) is 7.23.